The lowest BCUT2D eigenvalue weighted by Crippen LogP contribution is -2.40. The van der Waals surface area contributed by atoms with Crippen molar-refractivity contribution in [3.05, 3.63) is 64.1 Å². The van der Waals surface area contributed by atoms with Gasteiger partial charge in [0, 0.05) is 42.4 Å². The van der Waals surface area contributed by atoms with Gasteiger partial charge in [-0.1, -0.05) is 23.7 Å². The van der Waals surface area contributed by atoms with Gasteiger partial charge in [-0.2, -0.15) is 0 Å². The number of halogens is 1. The summed E-state index contributed by atoms with van der Waals surface area (Å²) >= 11 is 5.96. The molecule has 2 amide bonds. The van der Waals surface area contributed by atoms with Crippen molar-refractivity contribution in [2.24, 2.45) is 0 Å². The van der Waals surface area contributed by atoms with Gasteiger partial charge in [0.1, 0.15) is 10.8 Å². The second kappa shape index (κ2) is 8.47. The first-order chi connectivity index (χ1) is 15.1. The summed E-state index contributed by atoms with van der Waals surface area (Å²) < 4.78 is 7.30. The molecule has 0 fully saturated rings. The zero-order valence-corrected chi connectivity index (χ0v) is 19.5. The maximum absolute atomic E-state index is 13.3. The van der Waals surface area contributed by atoms with Crippen molar-refractivity contribution in [2.45, 2.75) is 52.8 Å². The number of pyridine rings is 1. The third kappa shape index (κ3) is 4.58. The summed E-state index contributed by atoms with van der Waals surface area (Å²) in [6.07, 6.45) is 1.84. The van der Waals surface area contributed by atoms with Crippen molar-refractivity contribution in [3.8, 4) is 0 Å². The lowest BCUT2D eigenvalue weighted by atomic mass is 10.0. The Labute approximate surface area is 192 Å². The van der Waals surface area contributed by atoms with E-state index in [2.05, 4.69) is 10.3 Å². The van der Waals surface area contributed by atoms with Gasteiger partial charge in [0.15, 0.2) is 0 Å². The van der Waals surface area contributed by atoms with Gasteiger partial charge in [0.05, 0.1) is 12.1 Å². The zero-order valence-electron chi connectivity index (χ0n) is 18.7. The van der Waals surface area contributed by atoms with E-state index in [-0.39, 0.29) is 12.1 Å². The number of benzene rings is 1. The van der Waals surface area contributed by atoms with Gasteiger partial charge in [0.25, 0.3) is 0 Å². The van der Waals surface area contributed by atoms with Gasteiger partial charge in [0.2, 0.25) is 0 Å². The number of ether oxygens (including phenoxy) is 1. The van der Waals surface area contributed by atoms with Gasteiger partial charge in [-0.25, -0.2) is 14.6 Å². The molecule has 0 atom stereocenters. The Morgan fingerprint density at radius 2 is 2.00 bits per heavy atom. The SMILES string of the molecule is Cc1ccc2c3c(n(C(=O)NCc4ccnc(Cl)c4)c2c1)CCN(C(=O)OC(C)(C)C)C3. The van der Waals surface area contributed by atoms with Crippen molar-refractivity contribution in [1.82, 2.24) is 19.8 Å². The molecule has 0 saturated carbocycles. The lowest BCUT2D eigenvalue weighted by molar-refractivity contribution is 0.0224. The van der Waals surface area contributed by atoms with E-state index in [4.69, 9.17) is 16.3 Å². The Hall–Kier alpha value is -3.06. The Balaban J connectivity index is 1.65. The fourth-order valence-electron chi connectivity index (χ4n) is 3.99. The molecule has 3 heterocycles. The van der Waals surface area contributed by atoms with Crippen LogP contribution in [0, 0.1) is 6.92 Å². The van der Waals surface area contributed by atoms with E-state index >= 15 is 0 Å². The highest BCUT2D eigenvalue weighted by molar-refractivity contribution is 6.29. The van der Waals surface area contributed by atoms with Crippen LogP contribution in [0.15, 0.2) is 36.5 Å². The maximum Gasteiger partial charge on any atom is 0.410 e. The molecule has 0 radical (unpaired) electrons. The van der Waals surface area contributed by atoms with E-state index < -0.39 is 5.60 Å². The third-order valence-electron chi connectivity index (χ3n) is 5.39. The quantitative estimate of drug-likeness (QED) is 0.550. The van der Waals surface area contributed by atoms with E-state index in [1.165, 1.54) is 0 Å². The molecule has 4 rings (SSSR count). The van der Waals surface area contributed by atoms with Crippen LogP contribution in [-0.4, -0.2) is 38.7 Å². The summed E-state index contributed by atoms with van der Waals surface area (Å²) in [6, 6.07) is 9.39. The number of aryl methyl sites for hydroxylation is 1. The van der Waals surface area contributed by atoms with Gasteiger partial charge < -0.3 is 15.0 Å². The summed E-state index contributed by atoms with van der Waals surface area (Å²) in [6.45, 7) is 8.80. The third-order valence-corrected chi connectivity index (χ3v) is 5.60. The van der Waals surface area contributed by atoms with Crippen LogP contribution in [0.5, 0.6) is 0 Å². The summed E-state index contributed by atoms with van der Waals surface area (Å²) in [5.41, 5.74) is 4.13. The number of carbonyl (C=O) groups is 2. The van der Waals surface area contributed by atoms with Gasteiger partial charge in [-0.05, 0) is 57.0 Å². The topological polar surface area (TPSA) is 76.5 Å². The number of hydrogen-bond donors (Lipinski definition) is 1. The van der Waals surface area contributed by atoms with Crippen LogP contribution in [0.3, 0.4) is 0 Å². The Bertz CT molecular complexity index is 1200. The van der Waals surface area contributed by atoms with E-state index in [0.717, 1.165) is 33.3 Å². The van der Waals surface area contributed by atoms with Crippen LogP contribution in [-0.2, 0) is 24.2 Å². The minimum atomic E-state index is -0.557. The van der Waals surface area contributed by atoms with E-state index in [1.54, 1.807) is 21.7 Å². The predicted molar refractivity (Wildman–Crippen MR) is 124 cm³/mol. The highest BCUT2D eigenvalue weighted by atomic mass is 35.5. The van der Waals surface area contributed by atoms with Gasteiger partial charge >= 0.3 is 12.1 Å². The molecule has 8 heteroatoms. The molecule has 0 unspecified atom stereocenters. The summed E-state index contributed by atoms with van der Waals surface area (Å²) in [5.74, 6) is 0. The molecule has 0 bridgehead atoms. The second-order valence-corrected chi connectivity index (χ2v) is 9.47. The minimum Gasteiger partial charge on any atom is -0.444 e. The van der Waals surface area contributed by atoms with Crippen LogP contribution in [0.2, 0.25) is 5.15 Å². The van der Waals surface area contributed by atoms with Crippen molar-refractivity contribution in [2.75, 3.05) is 6.54 Å². The number of carbonyl (C=O) groups excluding carboxylic acids is 2. The fraction of sp³-hybridized carbons (Fsp3) is 0.375. The normalized spacial score (nSPS) is 13.7. The molecule has 0 saturated heterocycles. The van der Waals surface area contributed by atoms with Crippen LogP contribution < -0.4 is 5.32 Å². The number of fused-ring (bicyclic) bond motifs is 3. The number of aromatic nitrogens is 2. The largest absolute Gasteiger partial charge is 0.444 e. The maximum atomic E-state index is 13.3. The van der Waals surface area contributed by atoms with Crippen molar-refractivity contribution < 1.29 is 14.3 Å². The standard InChI is InChI=1S/C24H27ClN4O3/c1-15-5-6-17-18-14-28(23(31)32-24(2,3)4)10-8-19(18)29(20(17)11-15)22(30)27-13-16-7-9-26-21(25)12-16/h5-7,9,11-12H,8,10,13-14H2,1-4H3,(H,27,30). The van der Waals surface area contributed by atoms with Crippen LogP contribution in [0.4, 0.5) is 9.59 Å². The highest BCUT2D eigenvalue weighted by Crippen LogP contribution is 2.32. The van der Waals surface area contributed by atoms with Gasteiger partial charge in [-0.15, -0.1) is 0 Å². The lowest BCUT2D eigenvalue weighted by Gasteiger charge is -2.30. The molecule has 0 aliphatic carbocycles. The molecule has 1 aliphatic heterocycles. The van der Waals surface area contributed by atoms with Crippen LogP contribution in [0.1, 0.15) is 43.2 Å². The number of rotatable bonds is 2. The van der Waals surface area contributed by atoms with E-state index in [0.29, 0.717) is 31.2 Å². The number of nitrogens with zero attached hydrogens (tertiary/aromatic N) is 3. The number of amides is 2. The predicted octanol–water partition coefficient (Wildman–Crippen LogP) is 5.05. The number of nitrogens with one attached hydrogen (secondary N) is 1. The molecular formula is C24H27ClN4O3. The van der Waals surface area contributed by atoms with E-state index in [9.17, 15) is 9.59 Å². The average Bonchev–Trinajstić information content (AvgIpc) is 3.03. The van der Waals surface area contributed by atoms with Crippen molar-refractivity contribution in [3.63, 3.8) is 0 Å². The molecule has 168 valence electrons. The second-order valence-electron chi connectivity index (χ2n) is 9.08. The summed E-state index contributed by atoms with van der Waals surface area (Å²) in [4.78, 5) is 31.6. The highest BCUT2D eigenvalue weighted by Gasteiger charge is 2.31. The molecule has 1 aliphatic rings. The molecular weight excluding hydrogens is 428 g/mol. The Morgan fingerprint density at radius 3 is 2.72 bits per heavy atom. The molecule has 32 heavy (non-hydrogen) atoms. The van der Waals surface area contributed by atoms with Gasteiger partial charge in [-0.3, -0.25) is 4.57 Å². The number of hydrogen-bond acceptors (Lipinski definition) is 4. The Morgan fingerprint density at radius 1 is 1.22 bits per heavy atom. The molecule has 2 aromatic heterocycles. The summed E-state index contributed by atoms with van der Waals surface area (Å²) in [5, 5.41) is 4.35. The van der Waals surface area contributed by atoms with Crippen molar-refractivity contribution in [1.29, 1.82) is 0 Å². The first-order valence-corrected chi connectivity index (χ1v) is 11.0. The van der Waals surface area contributed by atoms with Crippen LogP contribution in [0.25, 0.3) is 10.9 Å². The Kier molecular flexibility index (Phi) is 5.86. The minimum absolute atomic E-state index is 0.208. The molecule has 7 nitrogen and oxygen atoms in total. The zero-order chi connectivity index (χ0) is 23.0. The fourth-order valence-corrected chi connectivity index (χ4v) is 4.19. The smallest absolute Gasteiger partial charge is 0.410 e. The summed E-state index contributed by atoms with van der Waals surface area (Å²) in [7, 11) is 0. The molecule has 3 aromatic rings. The molecule has 1 N–H and O–H groups in total. The van der Waals surface area contributed by atoms with Crippen molar-refractivity contribution >= 4 is 34.6 Å². The van der Waals surface area contributed by atoms with Crippen LogP contribution >= 0.6 is 11.6 Å². The monoisotopic (exact) mass is 454 g/mol. The molecule has 1 aromatic carbocycles. The molecule has 0 spiro atoms. The average molecular weight is 455 g/mol. The first-order valence-electron chi connectivity index (χ1n) is 10.6. The van der Waals surface area contributed by atoms with E-state index in [1.807, 2.05) is 52.0 Å². The first kappa shape index (κ1) is 22.1.